The molecule has 0 bridgehead atoms. The lowest BCUT2D eigenvalue weighted by atomic mass is 10.1. The maximum absolute atomic E-state index is 4.41. The summed E-state index contributed by atoms with van der Waals surface area (Å²) >= 11 is 0. The number of imidazole rings is 1. The summed E-state index contributed by atoms with van der Waals surface area (Å²) in [6.45, 7) is 1.99. The Hall–Kier alpha value is -2.36. The Morgan fingerprint density at radius 3 is 3.00 bits per heavy atom. The third-order valence-corrected chi connectivity index (χ3v) is 3.87. The highest BCUT2D eigenvalue weighted by molar-refractivity contribution is 5.61. The van der Waals surface area contributed by atoms with Crippen LogP contribution in [-0.4, -0.2) is 14.4 Å². The van der Waals surface area contributed by atoms with Gasteiger partial charge < -0.3 is 5.32 Å². The fraction of sp³-hybridized carbons (Fsp3) is 0.250. The van der Waals surface area contributed by atoms with Crippen molar-refractivity contribution in [2.24, 2.45) is 0 Å². The van der Waals surface area contributed by atoms with E-state index in [4.69, 9.17) is 0 Å². The summed E-state index contributed by atoms with van der Waals surface area (Å²) in [5.41, 5.74) is 5.07. The zero-order valence-electron chi connectivity index (χ0n) is 11.4. The van der Waals surface area contributed by atoms with E-state index in [1.165, 1.54) is 30.4 Å². The standard InChI is InChI=1S/C16H16N4/c1-11-9-15(20-8-7-17-16(20)18-11)19-14-6-5-12-3-2-4-13(12)10-14/h5-10,19H,2-4H2,1H3. The lowest BCUT2D eigenvalue weighted by Gasteiger charge is -2.11. The van der Waals surface area contributed by atoms with Gasteiger partial charge in [0.15, 0.2) is 0 Å². The van der Waals surface area contributed by atoms with E-state index in [-0.39, 0.29) is 0 Å². The number of rotatable bonds is 2. The molecule has 1 aromatic carbocycles. The first-order valence-electron chi connectivity index (χ1n) is 6.99. The number of nitrogens with zero attached hydrogens (tertiary/aromatic N) is 3. The molecular formula is C16H16N4. The van der Waals surface area contributed by atoms with Gasteiger partial charge in [0.05, 0.1) is 0 Å². The van der Waals surface area contributed by atoms with Crippen LogP contribution in [0, 0.1) is 6.92 Å². The van der Waals surface area contributed by atoms with E-state index < -0.39 is 0 Å². The van der Waals surface area contributed by atoms with Gasteiger partial charge >= 0.3 is 0 Å². The van der Waals surface area contributed by atoms with Gasteiger partial charge in [-0.25, -0.2) is 9.97 Å². The molecule has 2 aromatic heterocycles. The van der Waals surface area contributed by atoms with Crippen LogP contribution in [0.5, 0.6) is 0 Å². The monoisotopic (exact) mass is 264 g/mol. The van der Waals surface area contributed by atoms with Crippen molar-refractivity contribution in [2.45, 2.75) is 26.2 Å². The summed E-state index contributed by atoms with van der Waals surface area (Å²) in [6, 6.07) is 8.70. The van der Waals surface area contributed by atoms with Crippen molar-refractivity contribution in [3.63, 3.8) is 0 Å². The SMILES string of the molecule is Cc1cc(Nc2ccc3c(c2)CCC3)n2ccnc2n1. The van der Waals surface area contributed by atoms with Crippen LogP contribution in [0.25, 0.3) is 5.78 Å². The molecule has 0 spiro atoms. The topological polar surface area (TPSA) is 42.2 Å². The Balaban J connectivity index is 1.75. The minimum Gasteiger partial charge on any atom is -0.341 e. The van der Waals surface area contributed by atoms with E-state index in [1.54, 1.807) is 6.20 Å². The van der Waals surface area contributed by atoms with Crippen LogP contribution < -0.4 is 5.32 Å². The first-order valence-corrected chi connectivity index (χ1v) is 6.99. The number of aryl methyl sites for hydroxylation is 3. The molecule has 2 heterocycles. The summed E-state index contributed by atoms with van der Waals surface area (Å²) in [5, 5.41) is 3.49. The third-order valence-electron chi connectivity index (χ3n) is 3.87. The molecule has 0 saturated carbocycles. The number of benzene rings is 1. The Morgan fingerprint density at radius 1 is 1.15 bits per heavy atom. The Morgan fingerprint density at radius 2 is 2.05 bits per heavy atom. The number of anilines is 2. The van der Waals surface area contributed by atoms with Gasteiger partial charge in [-0.2, -0.15) is 0 Å². The molecule has 0 fully saturated rings. The summed E-state index contributed by atoms with van der Waals surface area (Å²) in [4.78, 5) is 8.66. The van der Waals surface area contributed by atoms with Crippen LogP contribution in [0.15, 0.2) is 36.7 Å². The molecular weight excluding hydrogens is 248 g/mol. The maximum Gasteiger partial charge on any atom is 0.235 e. The van der Waals surface area contributed by atoms with E-state index in [1.807, 2.05) is 23.6 Å². The molecule has 0 radical (unpaired) electrons. The molecule has 4 rings (SSSR count). The van der Waals surface area contributed by atoms with Crippen LogP contribution >= 0.6 is 0 Å². The van der Waals surface area contributed by atoms with Gasteiger partial charge in [-0.1, -0.05) is 6.07 Å². The quantitative estimate of drug-likeness (QED) is 0.772. The van der Waals surface area contributed by atoms with Crippen molar-refractivity contribution in [1.29, 1.82) is 0 Å². The smallest absolute Gasteiger partial charge is 0.235 e. The molecule has 0 aliphatic heterocycles. The minimum atomic E-state index is 0.730. The highest BCUT2D eigenvalue weighted by Crippen LogP contribution is 2.26. The molecule has 0 amide bonds. The van der Waals surface area contributed by atoms with Gasteiger partial charge in [0.2, 0.25) is 5.78 Å². The van der Waals surface area contributed by atoms with Crippen molar-refractivity contribution in [3.05, 3.63) is 53.5 Å². The average molecular weight is 264 g/mol. The number of fused-ring (bicyclic) bond motifs is 2. The Labute approximate surface area is 117 Å². The summed E-state index contributed by atoms with van der Waals surface area (Å²) in [6.07, 6.45) is 7.39. The lowest BCUT2D eigenvalue weighted by Crippen LogP contribution is -2.01. The average Bonchev–Trinajstić information content (AvgIpc) is 3.05. The van der Waals surface area contributed by atoms with Crippen molar-refractivity contribution < 1.29 is 0 Å². The predicted octanol–water partition coefficient (Wildman–Crippen LogP) is 3.27. The largest absolute Gasteiger partial charge is 0.341 e. The first kappa shape index (κ1) is 11.5. The summed E-state index contributed by atoms with van der Waals surface area (Å²) < 4.78 is 1.97. The van der Waals surface area contributed by atoms with E-state index >= 15 is 0 Å². The third kappa shape index (κ3) is 1.84. The molecule has 0 saturated heterocycles. The summed E-state index contributed by atoms with van der Waals surface area (Å²) in [7, 11) is 0. The molecule has 100 valence electrons. The second-order valence-corrected chi connectivity index (χ2v) is 5.34. The maximum atomic E-state index is 4.41. The molecule has 1 aliphatic carbocycles. The zero-order valence-corrected chi connectivity index (χ0v) is 11.4. The molecule has 20 heavy (non-hydrogen) atoms. The van der Waals surface area contributed by atoms with Gasteiger partial charge in [0.1, 0.15) is 5.82 Å². The minimum absolute atomic E-state index is 0.730. The van der Waals surface area contributed by atoms with E-state index in [9.17, 15) is 0 Å². The number of hydrogen-bond donors (Lipinski definition) is 1. The van der Waals surface area contributed by atoms with Crippen LogP contribution in [-0.2, 0) is 12.8 Å². The van der Waals surface area contributed by atoms with E-state index in [0.717, 1.165) is 23.0 Å². The van der Waals surface area contributed by atoms with Gasteiger partial charge in [0, 0.05) is 29.8 Å². The number of nitrogens with one attached hydrogen (secondary N) is 1. The second kappa shape index (κ2) is 4.34. The Kier molecular flexibility index (Phi) is 2.49. The van der Waals surface area contributed by atoms with Crippen LogP contribution in [0.4, 0.5) is 11.5 Å². The predicted molar refractivity (Wildman–Crippen MR) is 79.5 cm³/mol. The van der Waals surface area contributed by atoms with Crippen molar-refractivity contribution in [1.82, 2.24) is 14.4 Å². The lowest BCUT2D eigenvalue weighted by molar-refractivity contribution is 0.912. The van der Waals surface area contributed by atoms with Crippen molar-refractivity contribution in [3.8, 4) is 0 Å². The van der Waals surface area contributed by atoms with Crippen LogP contribution in [0.2, 0.25) is 0 Å². The summed E-state index contributed by atoms with van der Waals surface area (Å²) in [5.74, 6) is 1.73. The van der Waals surface area contributed by atoms with Crippen LogP contribution in [0.1, 0.15) is 23.2 Å². The number of hydrogen-bond acceptors (Lipinski definition) is 3. The van der Waals surface area contributed by atoms with Gasteiger partial charge in [-0.05, 0) is 49.4 Å². The zero-order chi connectivity index (χ0) is 13.5. The van der Waals surface area contributed by atoms with Gasteiger partial charge in [0.25, 0.3) is 0 Å². The fourth-order valence-corrected chi connectivity index (χ4v) is 2.92. The normalized spacial score (nSPS) is 13.7. The van der Waals surface area contributed by atoms with E-state index in [2.05, 4.69) is 33.5 Å². The highest BCUT2D eigenvalue weighted by atomic mass is 15.2. The molecule has 1 N–H and O–H groups in total. The molecule has 0 atom stereocenters. The molecule has 4 nitrogen and oxygen atoms in total. The Bertz CT molecular complexity index is 788. The molecule has 3 aromatic rings. The van der Waals surface area contributed by atoms with E-state index in [0.29, 0.717) is 0 Å². The molecule has 0 unspecified atom stereocenters. The van der Waals surface area contributed by atoms with Crippen LogP contribution in [0.3, 0.4) is 0 Å². The molecule has 4 heteroatoms. The highest BCUT2D eigenvalue weighted by Gasteiger charge is 2.11. The van der Waals surface area contributed by atoms with Gasteiger partial charge in [-0.15, -0.1) is 0 Å². The fourth-order valence-electron chi connectivity index (χ4n) is 2.92. The van der Waals surface area contributed by atoms with Gasteiger partial charge in [-0.3, -0.25) is 4.40 Å². The molecule has 1 aliphatic rings. The second-order valence-electron chi connectivity index (χ2n) is 5.34. The van der Waals surface area contributed by atoms with Crippen molar-refractivity contribution in [2.75, 3.05) is 5.32 Å². The first-order chi connectivity index (χ1) is 9.79. The number of aromatic nitrogens is 3. The van der Waals surface area contributed by atoms with Crippen molar-refractivity contribution >= 4 is 17.3 Å².